The van der Waals surface area contributed by atoms with Gasteiger partial charge in [0.05, 0.1) is 20.6 Å². The molecule has 2 N–H and O–H groups in total. The van der Waals surface area contributed by atoms with E-state index in [1.807, 2.05) is 0 Å². The molecular weight excluding hydrogens is 351 g/mol. The third-order valence-electron chi connectivity index (χ3n) is 3.08. The maximum atomic E-state index is 12.5. The first-order chi connectivity index (χ1) is 10.2. The molecule has 0 unspecified atom stereocenters. The highest BCUT2D eigenvalue weighted by Crippen LogP contribution is 2.34. The van der Waals surface area contributed by atoms with Crippen molar-refractivity contribution < 1.29 is 18.3 Å². The Labute approximate surface area is 137 Å². The summed E-state index contributed by atoms with van der Waals surface area (Å²) in [6.07, 6.45) is 1.41. The number of carbonyl (C=O) groups excluding carboxylic acids is 1. The maximum absolute atomic E-state index is 12.5. The summed E-state index contributed by atoms with van der Waals surface area (Å²) in [6.45, 7) is 1.77. The van der Waals surface area contributed by atoms with Gasteiger partial charge in [-0.05, 0) is 18.6 Å². The van der Waals surface area contributed by atoms with Crippen LogP contribution in [0.1, 0.15) is 28.5 Å². The van der Waals surface area contributed by atoms with E-state index in [-0.39, 0.29) is 31.9 Å². The fraction of sp³-hybridized carbons (Fsp3) is 0.231. The standard InChI is InChI=1S/C13H12Cl2N2O4S/c1-3-7-9(13(19)17-16-7)12(18)6-4-5-8(22(2,20)21)11(15)10(6)14/h4-5H,3H2,1-2H3,(H2,16,17,19). The second-order valence-corrected chi connectivity index (χ2v) is 7.33. The number of ketones is 1. The van der Waals surface area contributed by atoms with Gasteiger partial charge in [-0.15, -0.1) is 0 Å². The summed E-state index contributed by atoms with van der Waals surface area (Å²) in [7, 11) is -3.57. The number of aromatic amines is 1. The monoisotopic (exact) mass is 362 g/mol. The number of aromatic hydroxyl groups is 1. The van der Waals surface area contributed by atoms with Gasteiger partial charge in [-0.25, -0.2) is 13.5 Å². The van der Waals surface area contributed by atoms with E-state index in [1.54, 1.807) is 6.92 Å². The molecule has 0 atom stereocenters. The van der Waals surface area contributed by atoms with Crippen LogP contribution in [0.2, 0.25) is 10.0 Å². The molecule has 0 fully saturated rings. The van der Waals surface area contributed by atoms with E-state index in [4.69, 9.17) is 23.2 Å². The van der Waals surface area contributed by atoms with Crippen molar-refractivity contribution in [2.75, 3.05) is 6.26 Å². The molecule has 0 bridgehead atoms. The van der Waals surface area contributed by atoms with E-state index in [2.05, 4.69) is 10.2 Å². The smallest absolute Gasteiger partial charge is 0.218 e. The van der Waals surface area contributed by atoms with Crippen molar-refractivity contribution in [3.8, 4) is 5.88 Å². The van der Waals surface area contributed by atoms with E-state index < -0.39 is 15.6 Å². The largest absolute Gasteiger partial charge is 0.493 e. The van der Waals surface area contributed by atoms with Gasteiger partial charge in [-0.2, -0.15) is 5.10 Å². The second-order valence-electron chi connectivity index (χ2n) is 4.59. The Morgan fingerprint density at radius 2 is 1.95 bits per heavy atom. The van der Waals surface area contributed by atoms with Gasteiger partial charge in [0.1, 0.15) is 5.56 Å². The fourth-order valence-electron chi connectivity index (χ4n) is 1.99. The normalized spacial score (nSPS) is 11.6. The molecule has 1 aromatic heterocycles. The molecular formula is C13H12Cl2N2O4S. The Bertz CT molecular complexity index is 859. The number of H-pyrrole nitrogens is 1. The molecule has 0 amide bonds. The molecule has 0 aliphatic carbocycles. The topological polar surface area (TPSA) is 100 Å². The lowest BCUT2D eigenvalue weighted by Crippen LogP contribution is -2.07. The summed E-state index contributed by atoms with van der Waals surface area (Å²) in [5.74, 6) is -0.962. The van der Waals surface area contributed by atoms with E-state index in [0.717, 1.165) is 6.26 Å². The average molecular weight is 363 g/mol. The minimum atomic E-state index is -3.57. The van der Waals surface area contributed by atoms with Crippen LogP contribution < -0.4 is 0 Å². The van der Waals surface area contributed by atoms with Gasteiger partial charge in [0.25, 0.3) is 0 Å². The quantitative estimate of drug-likeness (QED) is 0.814. The van der Waals surface area contributed by atoms with Gasteiger partial charge >= 0.3 is 0 Å². The Morgan fingerprint density at radius 3 is 2.50 bits per heavy atom. The van der Waals surface area contributed by atoms with Crippen LogP contribution in [0.4, 0.5) is 0 Å². The number of benzene rings is 1. The van der Waals surface area contributed by atoms with Gasteiger partial charge in [-0.3, -0.25) is 4.79 Å². The third kappa shape index (κ3) is 2.84. The summed E-state index contributed by atoms with van der Waals surface area (Å²) in [5.41, 5.74) is 0.361. The van der Waals surface area contributed by atoms with Gasteiger partial charge in [0, 0.05) is 11.8 Å². The molecule has 1 heterocycles. The van der Waals surface area contributed by atoms with Crippen LogP contribution in [-0.4, -0.2) is 35.8 Å². The molecule has 1 aromatic carbocycles. The lowest BCUT2D eigenvalue weighted by Gasteiger charge is -2.09. The zero-order chi connectivity index (χ0) is 16.7. The first-order valence-electron chi connectivity index (χ1n) is 6.17. The van der Waals surface area contributed by atoms with Crippen LogP contribution in [0.25, 0.3) is 0 Å². The summed E-state index contributed by atoms with van der Waals surface area (Å²) in [6, 6.07) is 2.47. The summed E-state index contributed by atoms with van der Waals surface area (Å²) in [4.78, 5) is 12.4. The molecule has 0 saturated carbocycles. The highest BCUT2D eigenvalue weighted by atomic mass is 35.5. The fourth-order valence-corrected chi connectivity index (χ4v) is 3.63. The number of sulfone groups is 1. The van der Waals surface area contributed by atoms with Crippen molar-refractivity contribution in [2.24, 2.45) is 0 Å². The van der Waals surface area contributed by atoms with Gasteiger partial charge in [0.15, 0.2) is 9.84 Å². The number of hydrogen-bond acceptors (Lipinski definition) is 5. The first kappa shape index (κ1) is 16.8. The Kier molecular flexibility index (Phi) is 4.51. The molecule has 0 saturated heterocycles. The van der Waals surface area contributed by atoms with Crippen molar-refractivity contribution in [1.82, 2.24) is 10.2 Å². The predicted octanol–water partition coefficient (Wildman–Crippen LogP) is 2.62. The zero-order valence-electron chi connectivity index (χ0n) is 11.6. The second kappa shape index (κ2) is 5.91. The number of carbonyl (C=O) groups is 1. The highest BCUT2D eigenvalue weighted by Gasteiger charge is 2.26. The van der Waals surface area contributed by atoms with Gasteiger partial charge in [-0.1, -0.05) is 30.1 Å². The number of nitrogens with one attached hydrogen (secondary N) is 1. The van der Waals surface area contributed by atoms with Crippen LogP contribution in [-0.2, 0) is 16.3 Å². The Hall–Kier alpha value is -1.57. The third-order valence-corrected chi connectivity index (χ3v) is 5.21. The van der Waals surface area contributed by atoms with E-state index in [9.17, 15) is 18.3 Å². The molecule has 9 heteroatoms. The molecule has 0 spiro atoms. The van der Waals surface area contributed by atoms with E-state index >= 15 is 0 Å². The maximum Gasteiger partial charge on any atom is 0.218 e. The van der Waals surface area contributed by atoms with E-state index in [0.29, 0.717) is 12.1 Å². The summed E-state index contributed by atoms with van der Waals surface area (Å²) in [5, 5.41) is 15.5. The lowest BCUT2D eigenvalue weighted by atomic mass is 10.0. The van der Waals surface area contributed by atoms with Gasteiger partial charge < -0.3 is 5.11 Å². The number of nitrogens with zero attached hydrogens (tertiary/aromatic N) is 1. The molecule has 118 valence electrons. The molecule has 0 aliphatic heterocycles. The number of rotatable bonds is 4. The number of aromatic nitrogens is 2. The number of hydrogen-bond donors (Lipinski definition) is 2. The van der Waals surface area contributed by atoms with E-state index in [1.165, 1.54) is 12.1 Å². The average Bonchev–Trinajstić information content (AvgIpc) is 2.80. The molecule has 0 aliphatic rings. The van der Waals surface area contributed by atoms with Crippen LogP contribution in [0.3, 0.4) is 0 Å². The van der Waals surface area contributed by atoms with Crippen molar-refractivity contribution >= 4 is 38.8 Å². The van der Waals surface area contributed by atoms with Crippen LogP contribution in [0.5, 0.6) is 5.88 Å². The Morgan fingerprint density at radius 1 is 1.32 bits per heavy atom. The van der Waals surface area contributed by atoms with Crippen molar-refractivity contribution in [2.45, 2.75) is 18.2 Å². The van der Waals surface area contributed by atoms with Crippen molar-refractivity contribution in [3.05, 3.63) is 39.0 Å². The highest BCUT2D eigenvalue weighted by molar-refractivity contribution is 7.90. The Balaban J connectivity index is 2.62. The molecule has 2 aromatic rings. The van der Waals surface area contributed by atoms with Crippen LogP contribution >= 0.6 is 23.2 Å². The zero-order valence-corrected chi connectivity index (χ0v) is 14.0. The molecule has 0 radical (unpaired) electrons. The minimum absolute atomic E-state index is 0.00688. The minimum Gasteiger partial charge on any atom is -0.493 e. The molecule has 6 nitrogen and oxygen atoms in total. The molecule has 2 rings (SSSR count). The number of aryl methyl sites for hydroxylation is 1. The van der Waals surface area contributed by atoms with Crippen LogP contribution in [0.15, 0.2) is 17.0 Å². The first-order valence-corrected chi connectivity index (χ1v) is 8.82. The van der Waals surface area contributed by atoms with Crippen molar-refractivity contribution in [3.63, 3.8) is 0 Å². The summed E-state index contributed by atoms with van der Waals surface area (Å²) >= 11 is 12.0. The van der Waals surface area contributed by atoms with Crippen LogP contribution in [0, 0.1) is 0 Å². The lowest BCUT2D eigenvalue weighted by molar-refractivity contribution is 0.103. The summed E-state index contributed by atoms with van der Waals surface area (Å²) < 4.78 is 23.2. The number of halogens is 2. The predicted molar refractivity (Wildman–Crippen MR) is 82.6 cm³/mol. The van der Waals surface area contributed by atoms with Gasteiger partial charge in [0.2, 0.25) is 11.7 Å². The molecule has 22 heavy (non-hydrogen) atoms. The SMILES string of the molecule is CCc1n[nH]c(O)c1C(=O)c1ccc(S(C)(=O)=O)c(Cl)c1Cl. The van der Waals surface area contributed by atoms with Crippen molar-refractivity contribution in [1.29, 1.82) is 0 Å².